The summed E-state index contributed by atoms with van der Waals surface area (Å²) in [5.74, 6) is 2.47. The standard InChI is InChI=1S/C16H24N2O2S/c1-2-18-21(19,20)16-6-4-3-5-15(16)17-11-14-10-12-7-8-13(14)9-12/h3-6,12-14,17-18H,2,7-11H2,1H3. The highest BCUT2D eigenvalue weighted by molar-refractivity contribution is 7.89. The van der Waals surface area contributed by atoms with Gasteiger partial charge in [-0.15, -0.1) is 0 Å². The molecule has 1 aromatic carbocycles. The van der Waals surface area contributed by atoms with Gasteiger partial charge in [0.25, 0.3) is 0 Å². The Labute approximate surface area is 127 Å². The Hall–Kier alpha value is -1.07. The number of para-hydroxylation sites is 1. The molecule has 5 heteroatoms. The summed E-state index contributed by atoms with van der Waals surface area (Å²) >= 11 is 0. The molecule has 21 heavy (non-hydrogen) atoms. The molecule has 0 aromatic heterocycles. The first-order chi connectivity index (χ1) is 10.1. The van der Waals surface area contributed by atoms with Gasteiger partial charge < -0.3 is 5.32 Å². The van der Waals surface area contributed by atoms with Gasteiger partial charge in [0, 0.05) is 13.1 Å². The lowest BCUT2D eigenvalue weighted by atomic mass is 9.89. The van der Waals surface area contributed by atoms with Crippen LogP contribution in [0.2, 0.25) is 0 Å². The third kappa shape index (κ3) is 3.09. The summed E-state index contributed by atoms with van der Waals surface area (Å²) in [5.41, 5.74) is 0.723. The second kappa shape index (κ2) is 5.97. The minimum absolute atomic E-state index is 0.356. The van der Waals surface area contributed by atoms with Crippen molar-refractivity contribution in [2.24, 2.45) is 17.8 Å². The van der Waals surface area contributed by atoms with Crippen LogP contribution < -0.4 is 10.0 Å². The van der Waals surface area contributed by atoms with E-state index in [-0.39, 0.29) is 0 Å². The molecule has 1 aromatic rings. The molecule has 2 fully saturated rings. The highest BCUT2D eigenvalue weighted by atomic mass is 32.2. The summed E-state index contributed by atoms with van der Waals surface area (Å²) in [6.07, 6.45) is 5.43. The fourth-order valence-corrected chi connectivity index (χ4v) is 5.21. The second-order valence-electron chi connectivity index (χ2n) is 6.31. The van der Waals surface area contributed by atoms with E-state index in [1.54, 1.807) is 19.1 Å². The number of sulfonamides is 1. The zero-order valence-corrected chi connectivity index (χ0v) is 13.3. The van der Waals surface area contributed by atoms with E-state index in [1.165, 1.54) is 25.7 Å². The van der Waals surface area contributed by atoms with Crippen molar-refractivity contribution in [1.82, 2.24) is 4.72 Å². The topological polar surface area (TPSA) is 58.2 Å². The maximum absolute atomic E-state index is 12.2. The SMILES string of the molecule is CCNS(=O)(=O)c1ccccc1NCC1CC2CCC1C2. The zero-order chi connectivity index (χ0) is 14.9. The summed E-state index contributed by atoms with van der Waals surface area (Å²) in [5, 5.41) is 3.39. The van der Waals surface area contributed by atoms with Crippen LogP contribution in [0.1, 0.15) is 32.6 Å². The summed E-state index contributed by atoms with van der Waals surface area (Å²) in [7, 11) is -3.41. The van der Waals surface area contributed by atoms with E-state index >= 15 is 0 Å². The molecule has 2 bridgehead atoms. The van der Waals surface area contributed by atoms with Crippen molar-refractivity contribution in [3.63, 3.8) is 0 Å². The molecule has 2 aliphatic rings. The molecule has 0 heterocycles. The number of benzene rings is 1. The Morgan fingerprint density at radius 2 is 2.00 bits per heavy atom. The van der Waals surface area contributed by atoms with Crippen LogP contribution in [0.15, 0.2) is 29.2 Å². The van der Waals surface area contributed by atoms with Crippen molar-refractivity contribution in [2.75, 3.05) is 18.4 Å². The van der Waals surface area contributed by atoms with Gasteiger partial charge in [0.2, 0.25) is 10.0 Å². The molecule has 3 unspecified atom stereocenters. The van der Waals surface area contributed by atoms with Gasteiger partial charge in [0.15, 0.2) is 0 Å². The number of hydrogen-bond donors (Lipinski definition) is 2. The maximum Gasteiger partial charge on any atom is 0.242 e. The highest BCUT2D eigenvalue weighted by Crippen LogP contribution is 2.48. The third-order valence-electron chi connectivity index (χ3n) is 4.95. The molecule has 2 saturated carbocycles. The largest absolute Gasteiger partial charge is 0.384 e. The number of hydrogen-bond acceptors (Lipinski definition) is 3. The molecule has 3 atom stereocenters. The summed E-state index contributed by atoms with van der Waals surface area (Å²) in [4.78, 5) is 0.356. The molecule has 2 N–H and O–H groups in total. The van der Waals surface area contributed by atoms with Crippen molar-refractivity contribution < 1.29 is 8.42 Å². The van der Waals surface area contributed by atoms with E-state index in [2.05, 4.69) is 10.0 Å². The van der Waals surface area contributed by atoms with E-state index in [9.17, 15) is 8.42 Å². The van der Waals surface area contributed by atoms with Gasteiger partial charge in [-0.1, -0.05) is 25.5 Å². The van der Waals surface area contributed by atoms with E-state index in [1.807, 2.05) is 12.1 Å². The molecule has 116 valence electrons. The zero-order valence-electron chi connectivity index (χ0n) is 12.5. The summed E-state index contributed by atoms with van der Waals surface area (Å²) < 4.78 is 27.0. The number of nitrogens with one attached hydrogen (secondary N) is 2. The molecule has 0 radical (unpaired) electrons. The van der Waals surface area contributed by atoms with Crippen LogP contribution in [0.3, 0.4) is 0 Å². The molecule has 0 saturated heterocycles. The van der Waals surface area contributed by atoms with Crippen LogP contribution in [0, 0.1) is 17.8 Å². The van der Waals surface area contributed by atoms with Crippen LogP contribution in [-0.2, 0) is 10.0 Å². The predicted octanol–water partition coefficient (Wildman–Crippen LogP) is 2.83. The lowest BCUT2D eigenvalue weighted by molar-refractivity contribution is 0.348. The molecule has 0 spiro atoms. The molecular formula is C16H24N2O2S. The Kier molecular flexibility index (Phi) is 4.22. The van der Waals surface area contributed by atoms with Crippen molar-refractivity contribution in [3.8, 4) is 0 Å². The van der Waals surface area contributed by atoms with Gasteiger partial charge in [0.1, 0.15) is 4.90 Å². The smallest absolute Gasteiger partial charge is 0.242 e. The summed E-state index contributed by atoms with van der Waals surface area (Å²) in [6, 6.07) is 7.18. The van der Waals surface area contributed by atoms with Crippen LogP contribution in [0.25, 0.3) is 0 Å². The summed E-state index contributed by atoms with van der Waals surface area (Å²) in [6.45, 7) is 3.09. The molecule has 0 aliphatic heterocycles. The fourth-order valence-electron chi connectivity index (χ4n) is 3.98. The van der Waals surface area contributed by atoms with Crippen molar-refractivity contribution in [1.29, 1.82) is 0 Å². The Bertz CT molecular complexity index is 600. The molecule has 3 rings (SSSR count). The number of anilines is 1. The van der Waals surface area contributed by atoms with Gasteiger partial charge in [-0.05, 0) is 49.1 Å². The van der Waals surface area contributed by atoms with Crippen LogP contribution in [0.4, 0.5) is 5.69 Å². The fraction of sp³-hybridized carbons (Fsp3) is 0.625. The third-order valence-corrected chi connectivity index (χ3v) is 6.55. The molecule has 4 nitrogen and oxygen atoms in total. The van der Waals surface area contributed by atoms with Crippen LogP contribution >= 0.6 is 0 Å². The van der Waals surface area contributed by atoms with Gasteiger partial charge in [0.05, 0.1) is 5.69 Å². The Morgan fingerprint density at radius 3 is 2.67 bits per heavy atom. The van der Waals surface area contributed by atoms with Crippen LogP contribution in [0.5, 0.6) is 0 Å². The Balaban J connectivity index is 1.71. The predicted molar refractivity (Wildman–Crippen MR) is 84.7 cm³/mol. The lowest BCUT2D eigenvalue weighted by Crippen LogP contribution is -2.25. The van der Waals surface area contributed by atoms with Crippen LogP contribution in [-0.4, -0.2) is 21.5 Å². The first-order valence-corrected chi connectivity index (χ1v) is 9.41. The average molecular weight is 308 g/mol. The van der Waals surface area contributed by atoms with Crippen molar-refractivity contribution >= 4 is 15.7 Å². The first-order valence-electron chi connectivity index (χ1n) is 7.92. The maximum atomic E-state index is 12.2. The average Bonchev–Trinajstić information content (AvgIpc) is 3.08. The van der Waals surface area contributed by atoms with Gasteiger partial charge in [-0.25, -0.2) is 13.1 Å². The van der Waals surface area contributed by atoms with Gasteiger partial charge in [-0.3, -0.25) is 0 Å². The van der Waals surface area contributed by atoms with Gasteiger partial charge >= 0.3 is 0 Å². The van der Waals surface area contributed by atoms with E-state index in [0.717, 1.165) is 24.1 Å². The van der Waals surface area contributed by atoms with E-state index in [0.29, 0.717) is 17.4 Å². The van der Waals surface area contributed by atoms with Crippen molar-refractivity contribution in [3.05, 3.63) is 24.3 Å². The highest BCUT2D eigenvalue weighted by Gasteiger charge is 2.39. The van der Waals surface area contributed by atoms with Gasteiger partial charge in [-0.2, -0.15) is 0 Å². The molecule has 2 aliphatic carbocycles. The van der Waals surface area contributed by atoms with Crippen molar-refractivity contribution in [2.45, 2.75) is 37.5 Å². The Morgan fingerprint density at radius 1 is 1.19 bits per heavy atom. The minimum Gasteiger partial charge on any atom is -0.384 e. The monoisotopic (exact) mass is 308 g/mol. The first kappa shape index (κ1) is 14.9. The van der Waals surface area contributed by atoms with E-state index < -0.39 is 10.0 Å². The lowest BCUT2D eigenvalue weighted by Gasteiger charge is -2.23. The minimum atomic E-state index is -3.41. The molecule has 0 amide bonds. The second-order valence-corrected chi connectivity index (χ2v) is 8.05. The van der Waals surface area contributed by atoms with E-state index in [4.69, 9.17) is 0 Å². The number of fused-ring (bicyclic) bond motifs is 2. The normalized spacial score (nSPS) is 28.0. The molecular weight excluding hydrogens is 284 g/mol. The number of rotatable bonds is 6. The quantitative estimate of drug-likeness (QED) is 0.849.